The number of halogens is 1. The number of hydrogen-bond acceptors (Lipinski definition) is 6. The van der Waals surface area contributed by atoms with Crippen molar-refractivity contribution < 1.29 is 14.4 Å². The SMILES string of the molecule is COc1cc(C=Cc2[nH]c(=O)[nH]c(=O)c2[N+](=O)[O-])cc(I)c1OCc1ccc(C)cc1. The summed E-state index contributed by atoms with van der Waals surface area (Å²) in [5, 5.41) is 11.2. The third-order valence-electron chi connectivity index (χ3n) is 4.33. The molecule has 1 aromatic heterocycles. The highest BCUT2D eigenvalue weighted by Gasteiger charge is 2.19. The molecule has 2 aromatic carbocycles. The van der Waals surface area contributed by atoms with Crippen molar-refractivity contribution in [1.82, 2.24) is 9.97 Å². The highest BCUT2D eigenvalue weighted by Crippen LogP contribution is 2.35. The fourth-order valence-corrected chi connectivity index (χ4v) is 3.58. The van der Waals surface area contributed by atoms with Gasteiger partial charge in [-0.1, -0.05) is 35.9 Å². The van der Waals surface area contributed by atoms with Gasteiger partial charge in [0.2, 0.25) is 0 Å². The molecular formula is C21H18IN3O6. The number of aryl methyl sites for hydroxylation is 1. The van der Waals surface area contributed by atoms with E-state index in [9.17, 15) is 19.7 Å². The van der Waals surface area contributed by atoms with Gasteiger partial charge < -0.3 is 14.5 Å². The lowest BCUT2D eigenvalue weighted by Crippen LogP contribution is -2.25. The standard InChI is InChI=1S/C21H18IN3O6/c1-12-3-5-13(6-4-12)11-31-19-15(22)9-14(10-17(19)30-2)7-8-16-18(25(28)29)20(26)24-21(27)23-16/h3-10H,11H2,1-2H3,(H2,23,24,26,27). The van der Waals surface area contributed by atoms with E-state index in [-0.39, 0.29) is 5.69 Å². The van der Waals surface area contributed by atoms with Gasteiger partial charge in [0, 0.05) is 0 Å². The average molecular weight is 535 g/mol. The number of ether oxygens (including phenoxy) is 2. The number of H-pyrrole nitrogens is 2. The molecule has 0 amide bonds. The van der Waals surface area contributed by atoms with Gasteiger partial charge in [0.1, 0.15) is 12.3 Å². The van der Waals surface area contributed by atoms with Gasteiger partial charge in [-0.2, -0.15) is 0 Å². The Morgan fingerprint density at radius 2 is 1.84 bits per heavy atom. The van der Waals surface area contributed by atoms with Crippen LogP contribution in [0.15, 0.2) is 46.0 Å². The highest BCUT2D eigenvalue weighted by atomic mass is 127. The van der Waals surface area contributed by atoms with Crippen LogP contribution in [0.3, 0.4) is 0 Å². The third kappa shape index (κ3) is 5.40. The van der Waals surface area contributed by atoms with Crippen LogP contribution >= 0.6 is 22.6 Å². The molecule has 0 bridgehead atoms. The van der Waals surface area contributed by atoms with E-state index in [0.717, 1.165) is 14.7 Å². The molecule has 9 nitrogen and oxygen atoms in total. The maximum atomic E-state index is 11.7. The Kier molecular flexibility index (Phi) is 6.90. The molecule has 0 saturated carbocycles. The van der Waals surface area contributed by atoms with E-state index >= 15 is 0 Å². The van der Waals surface area contributed by atoms with Crippen molar-refractivity contribution in [2.24, 2.45) is 0 Å². The van der Waals surface area contributed by atoms with Crippen molar-refractivity contribution in [3.63, 3.8) is 0 Å². The van der Waals surface area contributed by atoms with Crippen molar-refractivity contribution in [1.29, 1.82) is 0 Å². The van der Waals surface area contributed by atoms with E-state index in [2.05, 4.69) is 27.6 Å². The lowest BCUT2D eigenvalue weighted by molar-refractivity contribution is -0.386. The second kappa shape index (κ2) is 9.60. The predicted molar refractivity (Wildman–Crippen MR) is 124 cm³/mol. The molecule has 0 radical (unpaired) electrons. The van der Waals surface area contributed by atoms with E-state index < -0.39 is 21.9 Å². The zero-order valence-electron chi connectivity index (χ0n) is 16.6. The van der Waals surface area contributed by atoms with Gasteiger partial charge in [0.15, 0.2) is 11.5 Å². The minimum Gasteiger partial charge on any atom is -0.493 e. The maximum absolute atomic E-state index is 11.7. The predicted octanol–water partition coefficient (Wildman–Crippen LogP) is 3.64. The third-order valence-corrected chi connectivity index (χ3v) is 5.13. The van der Waals surface area contributed by atoms with Gasteiger partial charge in [-0.15, -0.1) is 0 Å². The van der Waals surface area contributed by atoms with Crippen molar-refractivity contribution in [3.05, 3.63) is 93.3 Å². The Balaban J connectivity index is 1.90. The summed E-state index contributed by atoms with van der Waals surface area (Å²) in [6, 6.07) is 11.5. The second-order valence-corrected chi connectivity index (χ2v) is 7.73. The molecule has 160 valence electrons. The summed E-state index contributed by atoms with van der Waals surface area (Å²) in [5.74, 6) is 1.05. The van der Waals surface area contributed by atoms with Crippen molar-refractivity contribution in [2.45, 2.75) is 13.5 Å². The number of methoxy groups -OCH3 is 1. The molecule has 0 fully saturated rings. The summed E-state index contributed by atoms with van der Waals surface area (Å²) in [6.45, 7) is 2.38. The zero-order valence-corrected chi connectivity index (χ0v) is 18.8. The van der Waals surface area contributed by atoms with Gasteiger partial charge in [-0.25, -0.2) is 4.79 Å². The molecule has 0 atom stereocenters. The number of rotatable bonds is 7. The first-order valence-corrected chi connectivity index (χ1v) is 10.1. The Labute approximate surface area is 190 Å². The molecule has 0 saturated heterocycles. The quantitative estimate of drug-likeness (QED) is 0.270. The van der Waals surface area contributed by atoms with E-state index in [1.165, 1.54) is 19.3 Å². The van der Waals surface area contributed by atoms with Crippen LogP contribution in [0.2, 0.25) is 0 Å². The average Bonchev–Trinajstić information content (AvgIpc) is 2.71. The fraction of sp³-hybridized carbons (Fsp3) is 0.143. The summed E-state index contributed by atoms with van der Waals surface area (Å²) in [7, 11) is 1.51. The summed E-state index contributed by atoms with van der Waals surface area (Å²) < 4.78 is 12.1. The number of nitro groups is 1. The second-order valence-electron chi connectivity index (χ2n) is 6.57. The van der Waals surface area contributed by atoms with Crippen LogP contribution in [0.5, 0.6) is 11.5 Å². The van der Waals surface area contributed by atoms with Crippen LogP contribution in [0.1, 0.15) is 22.4 Å². The number of nitrogens with zero attached hydrogens (tertiary/aromatic N) is 1. The van der Waals surface area contributed by atoms with Crippen molar-refractivity contribution >= 4 is 40.4 Å². The van der Waals surface area contributed by atoms with Crippen LogP contribution in [0, 0.1) is 20.6 Å². The normalized spacial score (nSPS) is 10.9. The number of aromatic nitrogens is 2. The molecule has 0 aliphatic heterocycles. The van der Waals surface area contributed by atoms with Gasteiger partial charge in [0.05, 0.1) is 15.6 Å². The van der Waals surface area contributed by atoms with Crippen LogP contribution < -0.4 is 20.7 Å². The topological polar surface area (TPSA) is 127 Å². The number of hydrogen-bond donors (Lipinski definition) is 2. The molecule has 0 spiro atoms. The molecule has 3 aromatic rings. The molecule has 0 aliphatic carbocycles. The molecule has 3 rings (SSSR count). The van der Waals surface area contributed by atoms with E-state index in [1.807, 2.05) is 36.2 Å². The molecule has 0 unspecified atom stereocenters. The minimum absolute atomic E-state index is 0.201. The molecule has 1 heterocycles. The zero-order chi connectivity index (χ0) is 22.5. The molecular weight excluding hydrogens is 517 g/mol. The van der Waals surface area contributed by atoms with Crippen LogP contribution in [-0.4, -0.2) is 22.0 Å². The minimum atomic E-state index is -1.07. The fourth-order valence-electron chi connectivity index (χ4n) is 2.79. The van der Waals surface area contributed by atoms with Gasteiger partial charge in [-0.05, 0) is 58.9 Å². The number of aromatic amines is 2. The van der Waals surface area contributed by atoms with Gasteiger partial charge in [-0.3, -0.25) is 19.9 Å². The highest BCUT2D eigenvalue weighted by molar-refractivity contribution is 14.1. The van der Waals surface area contributed by atoms with Gasteiger partial charge in [0.25, 0.3) is 0 Å². The molecule has 0 aliphatic rings. The van der Waals surface area contributed by atoms with Crippen molar-refractivity contribution in [2.75, 3.05) is 7.11 Å². The van der Waals surface area contributed by atoms with Crippen molar-refractivity contribution in [3.8, 4) is 11.5 Å². The first-order chi connectivity index (χ1) is 14.8. The van der Waals surface area contributed by atoms with Gasteiger partial charge >= 0.3 is 16.9 Å². The number of benzene rings is 2. The number of nitrogens with one attached hydrogen (secondary N) is 2. The Bertz CT molecular complexity index is 1260. The molecule has 31 heavy (non-hydrogen) atoms. The van der Waals surface area contributed by atoms with Crippen LogP contribution in [-0.2, 0) is 6.61 Å². The lowest BCUT2D eigenvalue weighted by Gasteiger charge is -2.14. The largest absolute Gasteiger partial charge is 0.493 e. The molecule has 10 heteroatoms. The first-order valence-electron chi connectivity index (χ1n) is 9.03. The monoisotopic (exact) mass is 535 g/mol. The smallest absolute Gasteiger partial charge is 0.357 e. The van der Waals surface area contributed by atoms with Crippen LogP contribution in [0.25, 0.3) is 12.2 Å². The summed E-state index contributed by atoms with van der Waals surface area (Å²) in [6.07, 6.45) is 2.83. The summed E-state index contributed by atoms with van der Waals surface area (Å²) >= 11 is 2.11. The van der Waals surface area contributed by atoms with E-state index in [1.54, 1.807) is 12.1 Å². The Morgan fingerprint density at radius 1 is 1.13 bits per heavy atom. The Hall–Kier alpha value is -3.41. The summed E-state index contributed by atoms with van der Waals surface area (Å²) in [5.41, 5.74) is -0.0305. The summed E-state index contributed by atoms with van der Waals surface area (Å²) in [4.78, 5) is 37.7. The van der Waals surface area contributed by atoms with Crippen LogP contribution in [0.4, 0.5) is 5.69 Å². The Morgan fingerprint density at radius 3 is 2.48 bits per heavy atom. The van der Waals surface area contributed by atoms with E-state index in [4.69, 9.17) is 9.47 Å². The maximum Gasteiger partial charge on any atom is 0.357 e. The molecule has 2 N–H and O–H groups in total. The lowest BCUT2D eigenvalue weighted by atomic mass is 10.1. The first kappa shape index (κ1) is 22.3. The van der Waals surface area contributed by atoms with E-state index in [0.29, 0.717) is 23.7 Å².